The first-order valence-electron chi connectivity index (χ1n) is 11.6. The summed E-state index contributed by atoms with van der Waals surface area (Å²) in [6, 6.07) is 11.3. The van der Waals surface area contributed by atoms with Crippen molar-refractivity contribution in [3.05, 3.63) is 59.4 Å². The Labute approximate surface area is 208 Å². The van der Waals surface area contributed by atoms with E-state index in [-0.39, 0.29) is 23.4 Å². The van der Waals surface area contributed by atoms with E-state index >= 15 is 0 Å². The van der Waals surface area contributed by atoms with Gasteiger partial charge in [-0.2, -0.15) is 4.37 Å². The SMILES string of the molecule is CNc1ccc(-c2ccc3c(CCN(C)C4CCS(=O)(=O)CC4)cn(-c4ccsn4)c3n2)cc1F. The first-order valence-corrected chi connectivity index (χ1v) is 14.3. The smallest absolute Gasteiger partial charge is 0.151 e. The molecule has 0 saturated carbocycles. The van der Waals surface area contributed by atoms with E-state index in [2.05, 4.69) is 27.8 Å². The predicted molar refractivity (Wildman–Crippen MR) is 140 cm³/mol. The second-order valence-electron chi connectivity index (χ2n) is 9.01. The zero-order valence-electron chi connectivity index (χ0n) is 19.7. The Kier molecular flexibility index (Phi) is 6.61. The second kappa shape index (κ2) is 9.67. The van der Waals surface area contributed by atoms with E-state index in [9.17, 15) is 12.8 Å². The zero-order chi connectivity index (χ0) is 24.6. The lowest BCUT2D eigenvalue weighted by molar-refractivity contribution is 0.229. The summed E-state index contributed by atoms with van der Waals surface area (Å²) in [5, 5.41) is 5.81. The van der Waals surface area contributed by atoms with Crippen LogP contribution in [0.25, 0.3) is 28.1 Å². The molecule has 0 amide bonds. The van der Waals surface area contributed by atoms with Crippen LogP contribution in [0.2, 0.25) is 0 Å². The number of anilines is 1. The number of rotatable bonds is 7. The molecule has 1 saturated heterocycles. The lowest BCUT2D eigenvalue weighted by Crippen LogP contribution is -2.39. The number of nitrogens with one attached hydrogen (secondary N) is 1. The molecular formula is C25H28FN5O2S2. The summed E-state index contributed by atoms with van der Waals surface area (Å²) in [5.74, 6) is 1.03. The van der Waals surface area contributed by atoms with Gasteiger partial charge in [-0.1, -0.05) is 6.07 Å². The Bertz CT molecular complexity index is 1440. The standard InChI is InChI=1S/C25H28FN5O2S2/c1-27-23-5-3-17(15-21(23)26)22-6-4-20-18(16-31(25(20)28-22)24-8-12-34-29-24)7-11-30(2)19-9-13-35(32,33)14-10-19/h3-6,8,12,15-16,19,27H,7,9-11,13-14H2,1-2H3. The molecular weight excluding hydrogens is 485 g/mol. The molecule has 4 heterocycles. The summed E-state index contributed by atoms with van der Waals surface area (Å²) in [7, 11) is 0.892. The predicted octanol–water partition coefficient (Wildman–Crippen LogP) is 4.38. The van der Waals surface area contributed by atoms with Gasteiger partial charge in [-0.05, 0) is 73.7 Å². The Morgan fingerprint density at radius 2 is 2.00 bits per heavy atom. The molecule has 0 spiro atoms. The number of halogens is 1. The van der Waals surface area contributed by atoms with Crippen molar-refractivity contribution in [1.82, 2.24) is 18.8 Å². The average Bonchev–Trinajstić information content (AvgIpc) is 3.50. The Hall–Kier alpha value is -2.82. The maximum atomic E-state index is 14.4. The van der Waals surface area contributed by atoms with Gasteiger partial charge in [0.05, 0.1) is 22.9 Å². The van der Waals surface area contributed by atoms with Crippen molar-refractivity contribution >= 4 is 38.1 Å². The minimum absolute atomic E-state index is 0.272. The maximum Gasteiger partial charge on any atom is 0.151 e. The van der Waals surface area contributed by atoms with Gasteiger partial charge in [0.2, 0.25) is 0 Å². The van der Waals surface area contributed by atoms with Crippen LogP contribution in [0.5, 0.6) is 0 Å². The van der Waals surface area contributed by atoms with E-state index in [0.29, 0.717) is 29.8 Å². The quantitative estimate of drug-likeness (QED) is 0.395. The van der Waals surface area contributed by atoms with Gasteiger partial charge >= 0.3 is 0 Å². The second-order valence-corrected chi connectivity index (χ2v) is 12.0. The molecule has 10 heteroatoms. The molecule has 4 aromatic rings. The first kappa shape index (κ1) is 23.9. The van der Waals surface area contributed by atoms with E-state index < -0.39 is 9.84 Å². The van der Waals surface area contributed by atoms with Crippen LogP contribution in [0, 0.1) is 5.82 Å². The molecule has 7 nitrogen and oxygen atoms in total. The monoisotopic (exact) mass is 513 g/mol. The summed E-state index contributed by atoms with van der Waals surface area (Å²) in [5.41, 5.74) is 3.79. The minimum atomic E-state index is -2.87. The fraction of sp³-hybridized carbons (Fsp3) is 0.360. The Morgan fingerprint density at radius 3 is 2.69 bits per heavy atom. The van der Waals surface area contributed by atoms with Crippen molar-refractivity contribution in [3.63, 3.8) is 0 Å². The van der Waals surface area contributed by atoms with Crippen LogP contribution in [0.1, 0.15) is 18.4 Å². The number of pyridine rings is 1. The van der Waals surface area contributed by atoms with Gasteiger partial charge in [0, 0.05) is 42.2 Å². The highest BCUT2D eigenvalue weighted by molar-refractivity contribution is 7.91. The molecule has 1 fully saturated rings. The number of aromatic nitrogens is 3. The molecule has 1 aliphatic heterocycles. The normalized spacial score (nSPS) is 16.2. The molecule has 35 heavy (non-hydrogen) atoms. The molecule has 1 N–H and O–H groups in total. The van der Waals surface area contributed by atoms with Crippen LogP contribution >= 0.6 is 11.5 Å². The van der Waals surface area contributed by atoms with Crippen LogP contribution in [0.15, 0.2) is 48.0 Å². The van der Waals surface area contributed by atoms with Crippen LogP contribution in [0.4, 0.5) is 10.1 Å². The molecule has 1 aromatic carbocycles. The van der Waals surface area contributed by atoms with Crippen molar-refractivity contribution in [1.29, 1.82) is 0 Å². The summed E-state index contributed by atoms with van der Waals surface area (Å²) >= 11 is 1.38. The third kappa shape index (κ3) is 4.96. The van der Waals surface area contributed by atoms with Crippen LogP contribution in [0.3, 0.4) is 0 Å². The minimum Gasteiger partial charge on any atom is -0.386 e. The highest BCUT2D eigenvalue weighted by Crippen LogP contribution is 2.29. The van der Waals surface area contributed by atoms with Gasteiger partial charge in [0.15, 0.2) is 5.82 Å². The number of hydrogen-bond donors (Lipinski definition) is 1. The van der Waals surface area contributed by atoms with Gasteiger partial charge in [0.25, 0.3) is 0 Å². The number of fused-ring (bicyclic) bond motifs is 1. The molecule has 0 aliphatic carbocycles. The van der Waals surface area contributed by atoms with Gasteiger partial charge in [-0.15, -0.1) is 0 Å². The van der Waals surface area contributed by atoms with Crippen molar-refractivity contribution in [2.24, 2.45) is 0 Å². The van der Waals surface area contributed by atoms with Crippen molar-refractivity contribution < 1.29 is 12.8 Å². The van der Waals surface area contributed by atoms with Crippen LogP contribution < -0.4 is 5.32 Å². The molecule has 0 unspecified atom stereocenters. The van der Waals surface area contributed by atoms with E-state index in [1.54, 1.807) is 13.1 Å². The van der Waals surface area contributed by atoms with Crippen molar-refractivity contribution in [2.75, 3.05) is 37.5 Å². The van der Waals surface area contributed by atoms with Gasteiger partial charge in [-0.3, -0.25) is 4.57 Å². The third-order valence-corrected chi connectivity index (χ3v) is 9.09. The van der Waals surface area contributed by atoms with Gasteiger partial charge in [-0.25, -0.2) is 17.8 Å². The molecule has 0 atom stereocenters. The molecule has 184 valence electrons. The van der Waals surface area contributed by atoms with E-state index in [1.807, 2.05) is 34.2 Å². The first-order chi connectivity index (χ1) is 16.8. The molecule has 5 rings (SSSR count). The maximum absolute atomic E-state index is 14.4. The zero-order valence-corrected chi connectivity index (χ0v) is 21.4. The van der Waals surface area contributed by atoms with Crippen molar-refractivity contribution in [3.8, 4) is 17.1 Å². The van der Waals surface area contributed by atoms with Gasteiger partial charge < -0.3 is 10.2 Å². The van der Waals surface area contributed by atoms with Crippen LogP contribution in [-0.2, 0) is 16.3 Å². The lowest BCUT2D eigenvalue weighted by atomic mass is 10.1. The summed E-state index contributed by atoms with van der Waals surface area (Å²) in [6.07, 6.45) is 4.26. The number of nitrogens with zero attached hydrogens (tertiary/aromatic N) is 4. The number of benzene rings is 1. The largest absolute Gasteiger partial charge is 0.386 e. The van der Waals surface area contributed by atoms with E-state index in [4.69, 9.17) is 4.98 Å². The molecule has 3 aromatic heterocycles. The average molecular weight is 514 g/mol. The van der Waals surface area contributed by atoms with Gasteiger partial charge in [0.1, 0.15) is 21.3 Å². The molecule has 0 radical (unpaired) electrons. The Morgan fingerprint density at radius 1 is 1.20 bits per heavy atom. The fourth-order valence-corrected chi connectivity index (χ4v) is 6.68. The topological polar surface area (TPSA) is 80.1 Å². The summed E-state index contributed by atoms with van der Waals surface area (Å²) in [4.78, 5) is 7.18. The highest BCUT2D eigenvalue weighted by Gasteiger charge is 2.26. The molecule has 0 bridgehead atoms. The van der Waals surface area contributed by atoms with E-state index in [0.717, 1.165) is 35.4 Å². The van der Waals surface area contributed by atoms with E-state index in [1.165, 1.54) is 17.6 Å². The summed E-state index contributed by atoms with van der Waals surface area (Å²) < 4.78 is 44.4. The summed E-state index contributed by atoms with van der Waals surface area (Å²) in [6.45, 7) is 0.819. The fourth-order valence-electron chi connectivity index (χ4n) is 4.71. The number of likely N-dealkylation sites (N-methyl/N-ethyl adjacent to an activating group) is 1. The van der Waals surface area contributed by atoms with Crippen molar-refractivity contribution in [2.45, 2.75) is 25.3 Å². The third-order valence-electron chi connectivity index (χ3n) is 6.82. The highest BCUT2D eigenvalue weighted by atomic mass is 32.2. The lowest BCUT2D eigenvalue weighted by Gasteiger charge is -2.31. The molecule has 1 aliphatic rings. The number of hydrogen-bond acceptors (Lipinski definition) is 7. The Balaban J connectivity index is 1.44. The number of sulfone groups is 1. The van der Waals surface area contributed by atoms with Crippen LogP contribution in [-0.4, -0.2) is 65.4 Å².